The third-order valence-electron chi connectivity index (χ3n) is 1.67. The lowest BCUT2D eigenvalue weighted by molar-refractivity contribution is 0.358. The summed E-state index contributed by atoms with van der Waals surface area (Å²) < 4.78 is 7.02. The molecule has 0 aliphatic carbocycles. The zero-order chi connectivity index (χ0) is 7.14. The molecule has 2 rings (SSSR count). The Hall–Kier alpha value is -0.900. The molecule has 0 spiro atoms. The fraction of sp³-hybridized carbons (Fsp3) is 0.500. The van der Waals surface area contributed by atoms with Crippen LogP contribution in [0.2, 0.25) is 0 Å². The Labute approximate surface area is 70.7 Å². The van der Waals surface area contributed by atoms with Crippen LogP contribution in [0.5, 0.6) is 5.88 Å². The third-order valence-corrected chi connectivity index (χ3v) is 1.67. The number of fused-ring (bicyclic) bond motifs is 1. The summed E-state index contributed by atoms with van der Waals surface area (Å²) in [6, 6.07) is 0. The monoisotopic (exact) mass is 175 g/mol. The maximum atomic E-state index is 5.65. The van der Waals surface area contributed by atoms with Crippen molar-refractivity contribution in [2.45, 2.75) is 13.5 Å². The lowest BCUT2D eigenvalue weighted by Gasteiger charge is -1.92. The number of hydrogen-bond donors (Lipinski definition) is 1. The number of nitrogen functional groups attached to an aromatic ring is 1. The largest absolute Gasteiger partial charge is 0.474 e. The number of halogens is 1. The average Bonchev–Trinajstić information content (AvgIpc) is 2.41. The van der Waals surface area contributed by atoms with Gasteiger partial charge in [-0.15, -0.1) is 12.4 Å². The van der Waals surface area contributed by atoms with Crippen LogP contribution in [0.3, 0.4) is 0 Å². The number of aryl methyl sites for hydroxylation is 1. The minimum atomic E-state index is 0. The zero-order valence-corrected chi connectivity index (χ0v) is 7.02. The summed E-state index contributed by atoms with van der Waals surface area (Å²) in [5.41, 5.74) is 7.18. The average molecular weight is 176 g/mol. The summed E-state index contributed by atoms with van der Waals surface area (Å²) in [5, 5.41) is 4.16. The van der Waals surface area contributed by atoms with E-state index in [1.807, 2.05) is 6.92 Å². The Morgan fingerprint density at radius 2 is 2.36 bits per heavy atom. The maximum absolute atomic E-state index is 5.65. The molecule has 1 aromatic rings. The Kier molecular flexibility index (Phi) is 1.95. The molecule has 0 saturated carbocycles. The predicted molar refractivity (Wildman–Crippen MR) is 44.1 cm³/mol. The lowest BCUT2D eigenvalue weighted by atomic mass is 10.4. The molecule has 0 saturated heterocycles. The molecule has 0 radical (unpaired) electrons. The van der Waals surface area contributed by atoms with Crippen LogP contribution in [0.4, 0.5) is 5.69 Å². The Morgan fingerprint density at radius 1 is 1.64 bits per heavy atom. The van der Waals surface area contributed by atoms with Crippen LogP contribution in [-0.4, -0.2) is 16.4 Å². The van der Waals surface area contributed by atoms with Crippen molar-refractivity contribution in [1.29, 1.82) is 0 Å². The summed E-state index contributed by atoms with van der Waals surface area (Å²) in [6.07, 6.45) is 0. The second kappa shape index (κ2) is 2.62. The van der Waals surface area contributed by atoms with E-state index in [1.165, 1.54) is 0 Å². The van der Waals surface area contributed by atoms with Crippen LogP contribution in [-0.2, 0) is 6.54 Å². The number of anilines is 1. The van der Waals surface area contributed by atoms with Crippen LogP contribution in [0.1, 0.15) is 5.69 Å². The molecular weight excluding hydrogens is 166 g/mol. The number of nitrogens with zero attached hydrogens (tertiary/aromatic N) is 2. The van der Waals surface area contributed by atoms with Crippen molar-refractivity contribution < 1.29 is 4.74 Å². The Bertz CT molecular complexity index is 271. The molecule has 1 aromatic heterocycles. The predicted octanol–water partition coefficient (Wildman–Crippen LogP) is 0.588. The second-order valence-electron chi connectivity index (χ2n) is 2.38. The molecular formula is C6H10ClN3O. The number of nitrogens with two attached hydrogens (primary N) is 1. The van der Waals surface area contributed by atoms with E-state index in [-0.39, 0.29) is 12.4 Å². The van der Waals surface area contributed by atoms with Gasteiger partial charge in [0, 0.05) is 0 Å². The summed E-state index contributed by atoms with van der Waals surface area (Å²) in [5.74, 6) is 0.734. The van der Waals surface area contributed by atoms with E-state index in [9.17, 15) is 0 Å². The first-order chi connectivity index (χ1) is 4.79. The number of rotatable bonds is 0. The summed E-state index contributed by atoms with van der Waals surface area (Å²) in [4.78, 5) is 0. The third kappa shape index (κ3) is 1.03. The molecule has 11 heavy (non-hydrogen) atoms. The van der Waals surface area contributed by atoms with Crippen LogP contribution in [0.25, 0.3) is 0 Å². The van der Waals surface area contributed by atoms with Crippen LogP contribution < -0.4 is 10.5 Å². The van der Waals surface area contributed by atoms with Crippen molar-refractivity contribution in [3.05, 3.63) is 5.69 Å². The van der Waals surface area contributed by atoms with Crippen molar-refractivity contribution >= 4 is 18.1 Å². The van der Waals surface area contributed by atoms with Crippen LogP contribution in [0, 0.1) is 6.92 Å². The fourth-order valence-electron chi connectivity index (χ4n) is 1.11. The van der Waals surface area contributed by atoms with E-state index in [0.29, 0.717) is 12.3 Å². The van der Waals surface area contributed by atoms with Crippen LogP contribution in [0.15, 0.2) is 0 Å². The normalized spacial score (nSPS) is 13.5. The minimum Gasteiger partial charge on any atom is -0.474 e. The molecule has 62 valence electrons. The molecule has 2 N–H and O–H groups in total. The summed E-state index contributed by atoms with van der Waals surface area (Å²) in [6.45, 7) is 3.41. The van der Waals surface area contributed by atoms with Crippen molar-refractivity contribution in [3.63, 3.8) is 0 Å². The zero-order valence-electron chi connectivity index (χ0n) is 6.20. The van der Waals surface area contributed by atoms with Gasteiger partial charge in [0.15, 0.2) is 0 Å². The Balaban J connectivity index is 0.000000605. The van der Waals surface area contributed by atoms with Gasteiger partial charge in [-0.2, -0.15) is 5.10 Å². The number of aromatic nitrogens is 2. The molecule has 1 aliphatic heterocycles. The smallest absolute Gasteiger partial charge is 0.236 e. The molecule has 5 heteroatoms. The highest BCUT2D eigenvalue weighted by Gasteiger charge is 2.18. The van der Waals surface area contributed by atoms with Crippen molar-refractivity contribution in [2.75, 3.05) is 12.3 Å². The first-order valence-electron chi connectivity index (χ1n) is 3.24. The highest BCUT2D eigenvalue weighted by Crippen LogP contribution is 2.27. The number of ether oxygens (including phenoxy) is 1. The Morgan fingerprint density at radius 3 is 3.00 bits per heavy atom. The molecule has 0 atom stereocenters. The van der Waals surface area contributed by atoms with Gasteiger partial charge in [0.05, 0.1) is 12.2 Å². The second-order valence-corrected chi connectivity index (χ2v) is 2.38. The van der Waals surface area contributed by atoms with Gasteiger partial charge >= 0.3 is 0 Å². The van der Waals surface area contributed by atoms with Gasteiger partial charge in [0.2, 0.25) is 5.88 Å². The van der Waals surface area contributed by atoms with Crippen molar-refractivity contribution in [1.82, 2.24) is 9.78 Å². The molecule has 2 heterocycles. The first kappa shape index (κ1) is 8.20. The van der Waals surface area contributed by atoms with Crippen molar-refractivity contribution in [3.8, 4) is 5.88 Å². The van der Waals surface area contributed by atoms with Gasteiger partial charge in [-0.1, -0.05) is 0 Å². The summed E-state index contributed by atoms with van der Waals surface area (Å²) >= 11 is 0. The van der Waals surface area contributed by atoms with E-state index < -0.39 is 0 Å². The van der Waals surface area contributed by atoms with Crippen LogP contribution >= 0.6 is 12.4 Å². The maximum Gasteiger partial charge on any atom is 0.236 e. The molecule has 4 nitrogen and oxygen atoms in total. The lowest BCUT2D eigenvalue weighted by Crippen LogP contribution is -1.96. The van der Waals surface area contributed by atoms with Crippen molar-refractivity contribution in [2.24, 2.45) is 0 Å². The van der Waals surface area contributed by atoms with Gasteiger partial charge in [0.25, 0.3) is 0 Å². The highest BCUT2D eigenvalue weighted by atomic mass is 35.5. The molecule has 0 unspecified atom stereocenters. The van der Waals surface area contributed by atoms with Gasteiger partial charge in [-0.25, -0.2) is 4.68 Å². The molecule has 1 aliphatic rings. The quantitative estimate of drug-likeness (QED) is 0.628. The summed E-state index contributed by atoms with van der Waals surface area (Å²) in [7, 11) is 0. The SMILES string of the molecule is Cc1nn2c(c1N)OCC2.Cl. The van der Waals surface area contributed by atoms with E-state index >= 15 is 0 Å². The van der Waals surface area contributed by atoms with Gasteiger partial charge in [-0.3, -0.25) is 0 Å². The fourth-order valence-corrected chi connectivity index (χ4v) is 1.11. The van der Waals surface area contributed by atoms with Gasteiger partial charge < -0.3 is 10.5 Å². The van der Waals surface area contributed by atoms with E-state index in [2.05, 4.69) is 5.10 Å². The topological polar surface area (TPSA) is 53.1 Å². The molecule has 0 fully saturated rings. The van der Waals surface area contributed by atoms with Gasteiger partial charge in [0.1, 0.15) is 12.3 Å². The number of hydrogen-bond acceptors (Lipinski definition) is 3. The van der Waals surface area contributed by atoms with E-state index in [1.54, 1.807) is 4.68 Å². The molecule has 0 aromatic carbocycles. The molecule has 0 bridgehead atoms. The molecule has 0 amide bonds. The standard InChI is InChI=1S/C6H9N3O.ClH/c1-4-5(7)6-9(8-4)2-3-10-6;/h2-3,7H2,1H3;1H. The van der Waals surface area contributed by atoms with E-state index in [4.69, 9.17) is 10.5 Å². The van der Waals surface area contributed by atoms with E-state index in [0.717, 1.165) is 18.1 Å². The van der Waals surface area contributed by atoms with Gasteiger partial charge in [-0.05, 0) is 6.92 Å². The highest BCUT2D eigenvalue weighted by molar-refractivity contribution is 5.85. The first-order valence-corrected chi connectivity index (χ1v) is 3.24. The minimum absolute atomic E-state index is 0.